The second-order valence-electron chi connectivity index (χ2n) is 8.40. The highest BCUT2D eigenvalue weighted by Gasteiger charge is 2.48. The highest BCUT2D eigenvalue weighted by Crippen LogP contribution is 2.44. The van der Waals surface area contributed by atoms with E-state index in [2.05, 4.69) is 4.98 Å². The number of ether oxygens (including phenoxy) is 2. The molecule has 1 atom stereocenters. The molecule has 190 valence electrons. The highest BCUT2D eigenvalue weighted by molar-refractivity contribution is 6.51. The Morgan fingerprint density at radius 1 is 1.14 bits per heavy atom. The maximum absolute atomic E-state index is 13.4. The van der Waals surface area contributed by atoms with E-state index >= 15 is 0 Å². The summed E-state index contributed by atoms with van der Waals surface area (Å²) in [6.07, 6.45) is 1.62. The van der Waals surface area contributed by atoms with Crippen LogP contribution in [0, 0.1) is 6.92 Å². The molecule has 1 saturated heterocycles. The van der Waals surface area contributed by atoms with Crippen molar-refractivity contribution in [3.63, 3.8) is 0 Å². The summed E-state index contributed by atoms with van der Waals surface area (Å²) in [6, 6.07) is 14.1. The zero-order valence-corrected chi connectivity index (χ0v) is 21.3. The van der Waals surface area contributed by atoms with Crippen LogP contribution in [-0.4, -0.2) is 41.5 Å². The van der Waals surface area contributed by atoms with Gasteiger partial charge < -0.3 is 14.6 Å². The number of aliphatic hydroxyl groups excluding tert-OH is 1. The monoisotopic (exact) mass is 520 g/mol. The number of aryl methyl sites for hydroxylation is 1. The third kappa shape index (κ3) is 5.06. The van der Waals surface area contributed by atoms with Crippen LogP contribution < -0.4 is 9.64 Å². The SMILES string of the molecule is CCOC(=O)Cc1ccc(N2C(=O)C(=O)/C(=C(/O)c3cc(C)cc(Cl)c3OC)C2c2ccccn2)cc1. The Kier molecular flexibility index (Phi) is 7.59. The Hall–Kier alpha value is -4.17. The van der Waals surface area contributed by atoms with Gasteiger partial charge in [-0.1, -0.05) is 29.8 Å². The number of benzene rings is 2. The van der Waals surface area contributed by atoms with E-state index in [1.165, 1.54) is 12.0 Å². The van der Waals surface area contributed by atoms with E-state index in [1.54, 1.807) is 74.6 Å². The van der Waals surface area contributed by atoms with Gasteiger partial charge >= 0.3 is 5.97 Å². The van der Waals surface area contributed by atoms with Gasteiger partial charge in [-0.3, -0.25) is 24.3 Å². The van der Waals surface area contributed by atoms with Crippen molar-refractivity contribution in [3.05, 3.63) is 93.8 Å². The molecule has 1 N–H and O–H groups in total. The summed E-state index contributed by atoms with van der Waals surface area (Å²) in [5.41, 5.74) is 2.26. The number of ketones is 1. The van der Waals surface area contributed by atoms with Gasteiger partial charge in [0, 0.05) is 11.9 Å². The van der Waals surface area contributed by atoms with E-state index in [-0.39, 0.29) is 40.9 Å². The lowest BCUT2D eigenvalue weighted by Crippen LogP contribution is -2.29. The smallest absolute Gasteiger partial charge is 0.310 e. The number of halogens is 1. The molecule has 1 fully saturated rings. The molecule has 2 heterocycles. The van der Waals surface area contributed by atoms with Gasteiger partial charge in [0.1, 0.15) is 17.6 Å². The van der Waals surface area contributed by atoms with E-state index in [1.807, 2.05) is 0 Å². The minimum Gasteiger partial charge on any atom is -0.507 e. The number of pyridine rings is 1. The Labute approximate surface area is 219 Å². The average molecular weight is 521 g/mol. The summed E-state index contributed by atoms with van der Waals surface area (Å²) in [4.78, 5) is 44.2. The van der Waals surface area contributed by atoms with Crippen molar-refractivity contribution in [1.29, 1.82) is 0 Å². The molecule has 4 rings (SSSR count). The molecule has 0 saturated carbocycles. The zero-order valence-electron chi connectivity index (χ0n) is 20.5. The van der Waals surface area contributed by atoms with Crippen LogP contribution in [-0.2, 0) is 25.5 Å². The van der Waals surface area contributed by atoms with E-state index in [0.29, 0.717) is 16.9 Å². The number of carbonyl (C=O) groups is 3. The summed E-state index contributed by atoms with van der Waals surface area (Å²) in [5.74, 6) is -2.30. The Morgan fingerprint density at radius 2 is 1.86 bits per heavy atom. The molecule has 1 aliphatic heterocycles. The lowest BCUT2D eigenvalue weighted by molar-refractivity contribution is -0.142. The summed E-state index contributed by atoms with van der Waals surface area (Å²) in [6.45, 7) is 3.80. The van der Waals surface area contributed by atoms with Crippen LogP contribution in [0.4, 0.5) is 5.69 Å². The molecule has 0 aliphatic carbocycles. The number of Topliss-reactive ketones (excluding diaryl/α,β-unsaturated/α-hetero) is 1. The van der Waals surface area contributed by atoms with Crippen molar-refractivity contribution in [2.75, 3.05) is 18.6 Å². The molecule has 1 amide bonds. The lowest BCUT2D eigenvalue weighted by atomic mass is 9.97. The maximum atomic E-state index is 13.4. The van der Waals surface area contributed by atoms with Gasteiger partial charge in [-0.15, -0.1) is 0 Å². The maximum Gasteiger partial charge on any atom is 0.310 e. The average Bonchev–Trinajstić information content (AvgIpc) is 3.14. The summed E-state index contributed by atoms with van der Waals surface area (Å²) in [7, 11) is 1.40. The largest absolute Gasteiger partial charge is 0.507 e. The van der Waals surface area contributed by atoms with Gasteiger partial charge in [0.15, 0.2) is 0 Å². The van der Waals surface area contributed by atoms with Gasteiger partial charge in [0.2, 0.25) is 0 Å². The molecule has 2 aromatic carbocycles. The number of esters is 1. The molecule has 3 aromatic rings. The number of anilines is 1. The second kappa shape index (κ2) is 10.8. The predicted octanol–water partition coefficient (Wildman–Crippen LogP) is 4.78. The van der Waals surface area contributed by atoms with Crippen LogP contribution in [0.5, 0.6) is 5.75 Å². The number of aromatic nitrogens is 1. The number of methoxy groups -OCH3 is 1. The first-order valence-electron chi connectivity index (χ1n) is 11.6. The molecule has 37 heavy (non-hydrogen) atoms. The molecule has 8 nitrogen and oxygen atoms in total. The van der Waals surface area contributed by atoms with Crippen molar-refractivity contribution in [3.8, 4) is 5.75 Å². The van der Waals surface area contributed by atoms with Crippen LogP contribution in [0.3, 0.4) is 0 Å². The molecule has 9 heteroatoms. The van der Waals surface area contributed by atoms with Crippen LogP contribution in [0.1, 0.15) is 35.3 Å². The van der Waals surface area contributed by atoms with E-state index in [4.69, 9.17) is 21.1 Å². The normalized spacial score (nSPS) is 16.6. The third-order valence-corrected chi connectivity index (χ3v) is 6.21. The van der Waals surface area contributed by atoms with Crippen molar-refractivity contribution >= 4 is 40.7 Å². The van der Waals surface area contributed by atoms with Crippen molar-refractivity contribution in [2.24, 2.45) is 0 Å². The molecule has 0 spiro atoms. The first kappa shape index (κ1) is 25.9. The summed E-state index contributed by atoms with van der Waals surface area (Å²) >= 11 is 6.33. The number of amides is 1. The van der Waals surface area contributed by atoms with Crippen LogP contribution in [0.25, 0.3) is 5.76 Å². The topological polar surface area (TPSA) is 106 Å². The molecule has 0 radical (unpaired) electrons. The molecule has 0 bridgehead atoms. The molecule has 1 aliphatic rings. The second-order valence-corrected chi connectivity index (χ2v) is 8.81. The first-order valence-corrected chi connectivity index (χ1v) is 12.0. The Balaban J connectivity index is 1.86. The minimum atomic E-state index is -1.01. The van der Waals surface area contributed by atoms with Gasteiger partial charge in [-0.2, -0.15) is 0 Å². The number of nitrogens with zero attached hydrogens (tertiary/aromatic N) is 2. The predicted molar refractivity (Wildman–Crippen MR) is 139 cm³/mol. The minimum absolute atomic E-state index is 0.0739. The molecular weight excluding hydrogens is 496 g/mol. The lowest BCUT2D eigenvalue weighted by Gasteiger charge is -2.25. The van der Waals surface area contributed by atoms with Crippen LogP contribution in [0.15, 0.2) is 66.4 Å². The van der Waals surface area contributed by atoms with E-state index < -0.39 is 23.5 Å². The fourth-order valence-corrected chi connectivity index (χ4v) is 4.68. The van der Waals surface area contributed by atoms with Gasteiger partial charge in [-0.25, -0.2) is 0 Å². The Bertz CT molecular complexity index is 1390. The van der Waals surface area contributed by atoms with E-state index in [9.17, 15) is 19.5 Å². The third-order valence-electron chi connectivity index (χ3n) is 5.93. The number of hydrogen-bond acceptors (Lipinski definition) is 7. The van der Waals surface area contributed by atoms with Gasteiger partial charge in [0.05, 0.1) is 42.0 Å². The molecule has 1 unspecified atom stereocenters. The standard InChI is InChI=1S/C28H25ClN2O6/c1-4-37-22(32)15-17-8-10-18(11-9-17)31-24(21-7-5-6-12-30-21)23(26(34)28(31)35)25(33)19-13-16(2)14-20(29)27(19)36-3/h5-14,24,33H,4,15H2,1-3H3/b25-23+. The number of carbonyl (C=O) groups excluding carboxylic acids is 3. The van der Waals surface area contributed by atoms with E-state index in [0.717, 1.165) is 5.56 Å². The quantitative estimate of drug-likeness (QED) is 0.207. The molecule has 1 aromatic heterocycles. The number of aliphatic hydroxyl groups is 1. The van der Waals surface area contributed by atoms with Crippen LogP contribution in [0.2, 0.25) is 5.02 Å². The first-order chi connectivity index (χ1) is 17.8. The Morgan fingerprint density at radius 3 is 2.49 bits per heavy atom. The fourth-order valence-electron chi connectivity index (χ4n) is 4.33. The van der Waals surface area contributed by atoms with Gasteiger partial charge in [0.25, 0.3) is 11.7 Å². The summed E-state index contributed by atoms with van der Waals surface area (Å²) < 4.78 is 10.4. The highest BCUT2D eigenvalue weighted by atomic mass is 35.5. The zero-order chi connectivity index (χ0) is 26.7. The van der Waals surface area contributed by atoms with Crippen LogP contribution >= 0.6 is 11.6 Å². The van der Waals surface area contributed by atoms with Gasteiger partial charge in [-0.05, 0) is 61.4 Å². The van der Waals surface area contributed by atoms with Crippen molar-refractivity contribution in [1.82, 2.24) is 4.98 Å². The summed E-state index contributed by atoms with van der Waals surface area (Å²) in [5, 5.41) is 11.7. The number of hydrogen-bond donors (Lipinski definition) is 1. The van der Waals surface area contributed by atoms with Crippen molar-refractivity contribution in [2.45, 2.75) is 26.3 Å². The molecular formula is C28H25ClN2O6. The number of rotatable bonds is 7. The fraction of sp³-hybridized carbons (Fsp3) is 0.214. The van der Waals surface area contributed by atoms with Crippen molar-refractivity contribution < 1.29 is 29.0 Å².